The number of piperazine rings is 1. The van der Waals surface area contributed by atoms with Crippen LogP contribution in [0.2, 0.25) is 0 Å². The van der Waals surface area contributed by atoms with Gasteiger partial charge in [-0.25, -0.2) is 0 Å². The highest BCUT2D eigenvalue weighted by Gasteiger charge is 2.34. The summed E-state index contributed by atoms with van der Waals surface area (Å²) < 4.78 is 0. The Kier molecular flexibility index (Phi) is 6.97. The summed E-state index contributed by atoms with van der Waals surface area (Å²) in [5.41, 5.74) is 2.96. The molecule has 5 heteroatoms. The van der Waals surface area contributed by atoms with Crippen LogP contribution in [0.5, 0.6) is 5.75 Å². The predicted molar refractivity (Wildman–Crippen MR) is 129 cm³/mol. The highest BCUT2D eigenvalue weighted by Crippen LogP contribution is 2.34. The van der Waals surface area contributed by atoms with Crippen molar-refractivity contribution in [2.24, 2.45) is 0 Å². The summed E-state index contributed by atoms with van der Waals surface area (Å²) in [4.78, 5) is 19.7. The number of carbonyl (C=O) groups is 1. The van der Waals surface area contributed by atoms with E-state index >= 15 is 0 Å². The third-order valence-corrected chi connectivity index (χ3v) is 6.91. The van der Waals surface area contributed by atoms with Crippen LogP contribution >= 0.6 is 0 Å². The second-order valence-corrected chi connectivity index (χ2v) is 9.26. The number of benzene rings is 2. The van der Waals surface area contributed by atoms with E-state index in [1.54, 1.807) is 6.07 Å². The van der Waals surface area contributed by atoms with Gasteiger partial charge < -0.3 is 10.0 Å². The number of hydrogen-bond donors (Lipinski definition) is 1. The van der Waals surface area contributed by atoms with E-state index in [0.717, 1.165) is 62.3 Å². The Bertz CT molecular complexity index is 936. The molecule has 32 heavy (non-hydrogen) atoms. The summed E-state index contributed by atoms with van der Waals surface area (Å²) in [6, 6.07) is 16.4. The average Bonchev–Trinajstić information content (AvgIpc) is 3.32. The lowest BCUT2D eigenvalue weighted by atomic mass is 9.92. The third kappa shape index (κ3) is 4.74. The van der Waals surface area contributed by atoms with Gasteiger partial charge in [-0.2, -0.15) is 0 Å². The van der Waals surface area contributed by atoms with Gasteiger partial charge >= 0.3 is 0 Å². The van der Waals surface area contributed by atoms with Crippen LogP contribution in [-0.4, -0.2) is 70.5 Å². The number of aromatic hydroxyl groups is 1. The molecule has 0 spiro atoms. The molecule has 1 N–H and O–H groups in total. The monoisotopic (exact) mass is 433 g/mol. The maximum atomic E-state index is 12.8. The van der Waals surface area contributed by atoms with Crippen molar-refractivity contribution in [3.8, 4) is 5.75 Å². The normalized spacial score (nSPS) is 23.2. The summed E-state index contributed by atoms with van der Waals surface area (Å²) in [6.07, 6.45) is 4.16. The number of hydrogen-bond acceptors (Lipinski definition) is 4. The largest absolute Gasteiger partial charge is 0.508 e. The molecular formula is C27H35N3O2. The number of rotatable bonds is 6. The number of likely N-dealkylation sites (tertiary alicyclic amines) is 1. The van der Waals surface area contributed by atoms with E-state index in [1.807, 2.05) is 35.2 Å². The van der Waals surface area contributed by atoms with Gasteiger partial charge in [0.15, 0.2) is 0 Å². The summed E-state index contributed by atoms with van der Waals surface area (Å²) >= 11 is 0. The Labute approximate surface area is 191 Å². The molecule has 0 saturated carbocycles. The zero-order valence-corrected chi connectivity index (χ0v) is 19.3. The lowest BCUT2D eigenvalue weighted by Gasteiger charge is -2.47. The average molecular weight is 434 g/mol. The Balaban J connectivity index is 1.64. The molecule has 2 aromatic rings. The second-order valence-electron chi connectivity index (χ2n) is 9.26. The quantitative estimate of drug-likeness (QED) is 0.690. The van der Waals surface area contributed by atoms with Crippen LogP contribution in [-0.2, 0) is 0 Å². The number of phenolic OH excluding ortho intramolecular Hbond substituents is 1. The van der Waals surface area contributed by atoms with Crippen molar-refractivity contribution in [1.82, 2.24) is 14.7 Å². The standard InChI is InChI=1S/C27H35N3O2/c1-4-14-29-18-21(3)30(19-20(29)2)26(24-8-7-9-25(31)17-24)22-10-12-23(13-11-22)27(32)28-15-5-6-16-28/h4,7-13,17,20-21,26,31H,1,5-6,14-16,18-19H2,2-3H3. The van der Waals surface area contributed by atoms with Gasteiger partial charge in [-0.3, -0.25) is 14.6 Å². The Morgan fingerprint density at radius 2 is 1.78 bits per heavy atom. The molecule has 0 radical (unpaired) electrons. The first-order valence-corrected chi connectivity index (χ1v) is 11.8. The van der Waals surface area contributed by atoms with Gasteiger partial charge in [0.1, 0.15) is 5.75 Å². The summed E-state index contributed by atoms with van der Waals surface area (Å²) in [5.74, 6) is 0.405. The van der Waals surface area contributed by atoms with Gasteiger partial charge in [0, 0.05) is 50.4 Å². The molecule has 0 aromatic heterocycles. The number of carbonyl (C=O) groups excluding carboxylic acids is 1. The molecule has 2 aliphatic heterocycles. The second kappa shape index (κ2) is 9.88. The zero-order chi connectivity index (χ0) is 22.7. The molecular weight excluding hydrogens is 398 g/mol. The molecule has 5 nitrogen and oxygen atoms in total. The van der Waals surface area contributed by atoms with E-state index in [4.69, 9.17) is 0 Å². The Morgan fingerprint density at radius 3 is 2.44 bits per heavy atom. The van der Waals surface area contributed by atoms with Crippen molar-refractivity contribution in [3.63, 3.8) is 0 Å². The molecule has 2 aromatic carbocycles. The Morgan fingerprint density at radius 1 is 1.06 bits per heavy atom. The van der Waals surface area contributed by atoms with Crippen LogP contribution in [0.25, 0.3) is 0 Å². The first-order chi connectivity index (χ1) is 15.5. The summed E-state index contributed by atoms with van der Waals surface area (Å²) in [6.45, 7) is 12.9. The minimum Gasteiger partial charge on any atom is -0.508 e. The van der Waals surface area contributed by atoms with Gasteiger partial charge in [0.05, 0.1) is 6.04 Å². The fraction of sp³-hybridized carbons (Fsp3) is 0.444. The third-order valence-electron chi connectivity index (χ3n) is 6.91. The highest BCUT2D eigenvalue weighted by molar-refractivity contribution is 5.94. The molecule has 170 valence electrons. The van der Waals surface area contributed by atoms with Gasteiger partial charge in [-0.1, -0.05) is 30.3 Å². The molecule has 2 saturated heterocycles. The van der Waals surface area contributed by atoms with Crippen molar-refractivity contribution in [3.05, 3.63) is 77.9 Å². The molecule has 2 heterocycles. The summed E-state index contributed by atoms with van der Waals surface area (Å²) in [7, 11) is 0. The van der Waals surface area contributed by atoms with Crippen molar-refractivity contribution in [1.29, 1.82) is 0 Å². The van der Waals surface area contributed by atoms with Crippen LogP contribution in [0.1, 0.15) is 54.2 Å². The number of phenols is 1. The zero-order valence-electron chi connectivity index (χ0n) is 19.3. The van der Waals surface area contributed by atoms with Gasteiger partial charge in [0.2, 0.25) is 0 Å². The van der Waals surface area contributed by atoms with E-state index < -0.39 is 0 Å². The first kappa shape index (κ1) is 22.6. The van der Waals surface area contributed by atoms with Crippen LogP contribution in [0.3, 0.4) is 0 Å². The number of nitrogens with zero attached hydrogens (tertiary/aromatic N) is 3. The lowest BCUT2D eigenvalue weighted by molar-refractivity contribution is 0.0306. The molecule has 0 aliphatic carbocycles. The number of amides is 1. The van der Waals surface area contributed by atoms with Gasteiger partial charge in [-0.05, 0) is 62.1 Å². The molecule has 2 aliphatic rings. The van der Waals surface area contributed by atoms with Crippen molar-refractivity contribution < 1.29 is 9.90 Å². The van der Waals surface area contributed by atoms with Gasteiger partial charge in [0.25, 0.3) is 5.91 Å². The molecule has 4 rings (SSSR count). The van der Waals surface area contributed by atoms with E-state index in [1.165, 1.54) is 0 Å². The summed E-state index contributed by atoms with van der Waals surface area (Å²) in [5, 5.41) is 10.2. The molecule has 1 amide bonds. The SMILES string of the molecule is C=CCN1CC(C)N(C(c2ccc(C(=O)N3CCCC3)cc2)c2cccc(O)c2)CC1C. The van der Waals surface area contributed by atoms with Crippen molar-refractivity contribution in [2.45, 2.75) is 44.8 Å². The predicted octanol–water partition coefficient (Wildman–Crippen LogP) is 4.30. The van der Waals surface area contributed by atoms with Crippen LogP contribution < -0.4 is 0 Å². The van der Waals surface area contributed by atoms with E-state index in [-0.39, 0.29) is 17.7 Å². The molecule has 3 atom stereocenters. The van der Waals surface area contributed by atoms with Crippen LogP contribution in [0, 0.1) is 0 Å². The first-order valence-electron chi connectivity index (χ1n) is 11.8. The smallest absolute Gasteiger partial charge is 0.253 e. The minimum atomic E-state index is 0.0152. The van der Waals surface area contributed by atoms with Crippen molar-refractivity contribution in [2.75, 3.05) is 32.7 Å². The molecule has 0 bridgehead atoms. The topological polar surface area (TPSA) is 47.0 Å². The fourth-order valence-electron chi connectivity index (χ4n) is 5.19. The highest BCUT2D eigenvalue weighted by atomic mass is 16.3. The van der Waals surface area contributed by atoms with Crippen LogP contribution in [0.4, 0.5) is 0 Å². The Hall–Kier alpha value is -2.63. The molecule has 3 unspecified atom stereocenters. The van der Waals surface area contributed by atoms with Gasteiger partial charge in [-0.15, -0.1) is 6.58 Å². The van der Waals surface area contributed by atoms with E-state index in [0.29, 0.717) is 12.1 Å². The lowest BCUT2D eigenvalue weighted by Crippen LogP contribution is -2.57. The fourth-order valence-corrected chi connectivity index (χ4v) is 5.19. The van der Waals surface area contributed by atoms with E-state index in [2.05, 4.69) is 48.4 Å². The van der Waals surface area contributed by atoms with Crippen LogP contribution in [0.15, 0.2) is 61.2 Å². The van der Waals surface area contributed by atoms with E-state index in [9.17, 15) is 9.90 Å². The minimum absolute atomic E-state index is 0.0152. The maximum Gasteiger partial charge on any atom is 0.253 e. The van der Waals surface area contributed by atoms with Crippen molar-refractivity contribution >= 4 is 5.91 Å². The molecule has 2 fully saturated rings. The maximum absolute atomic E-state index is 12.8.